The van der Waals surface area contributed by atoms with E-state index >= 15 is 0 Å². The van der Waals surface area contributed by atoms with Crippen molar-refractivity contribution in [2.45, 2.75) is 13.5 Å². The molecule has 0 unspecified atom stereocenters. The lowest BCUT2D eigenvalue weighted by Crippen LogP contribution is -2.29. The average molecular weight is 307 g/mol. The third-order valence-electron chi connectivity index (χ3n) is 3.43. The van der Waals surface area contributed by atoms with Crippen LogP contribution in [0.3, 0.4) is 0 Å². The molecular weight excluding hydrogens is 290 g/mol. The van der Waals surface area contributed by atoms with Gasteiger partial charge in [0.2, 0.25) is 0 Å². The molecule has 0 aliphatic carbocycles. The topological polar surface area (TPSA) is 71.8 Å². The number of hydrogen-bond donors (Lipinski definition) is 2. The lowest BCUT2D eigenvalue weighted by atomic mass is 10.2. The average Bonchev–Trinajstić information content (AvgIpc) is 3.02. The number of rotatable bonds is 4. The maximum Gasteiger partial charge on any atom is 0.320 e. The quantitative estimate of drug-likeness (QED) is 0.778. The van der Waals surface area contributed by atoms with E-state index in [0.29, 0.717) is 12.4 Å². The molecule has 0 aliphatic heterocycles. The summed E-state index contributed by atoms with van der Waals surface area (Å²) in [5, 5.41) is 9.92. The second kappa shape index (κ2) is 6.74. The Morgan fingerprint density at radius 3 is 2.65 bits per heavy atom. The third kappa shape index (κ3) is 3.55. The molecule has 6 nitrogen and oxygen atoms in total. The number of hydrogen-bond acceptors (Lipinski definition) is 3. The van der Waals surface area contributed by atoms with Crippen molar-refractivity contribution in [3.8, 4) is 5.69 Å². The number of nitrogens with zero attached hydrogens (tertiary/aromatic N) is 3. The van der Waals surface area contributed by atoms with Crippen molar-refractivity contribution in [2.24, 2.45) is 0 Å². The number of aryl methyl sites for hydroxylation is 1. The van der Waals surface area contributed by atoms with E-state index in [1.807, 2.05) is 43.3 Å². The van der Waals surface area contributed by atoms with Crippen LogP contribution < -0.4 is 10.6 Å². The zero-order valence-corrected chi connectivity index (χ0v) is 12.7. The monoisotopic (exact) mass is 307 g/mol. The van der Waals surface area contributed by atoms with Crippen molar-refractivity contribution >= 4 is 11.8 Å². The molecule has 6 heteroatoms. The van der Waals surface area contributed by atoms with Gasteiger partial charge in [-0.05, 0) is 36.2 Å². The van der Waals surface area contributed by atoms with Crippen LogP contribution >= 0.6 is 0 Å². The first-order chi connectivity index (χ1) is 11.2. The van der Waals surface area contributed by atoms with Crippen molar-refractivity contribution < 1.29 is 4.79 Å². The van der Waals surface area contributed by atoms with E-state index < -0.39 is 0 Å². The Morgan fingerprint density at radius 2 is 1.87 bits per heavy atom. The summed E-state index contributed by atoms with van der Waals surface area (Å²) in [5.41, 5.74) is 3.00. The van der Waals surface area contributed by atoms with Gasteiger partial charge in [-0.1, -0.05) is 18.2 Å². The van der Waals surface area contributed by atoms with Gasteiger partial charge in [-0.3, -0.25) is 10.3 Å². The van der Waals surface area contributed by atoms with Crippen molar-refractivity contribution in [3.05, 3.63) is 72.2 Å². The number of carbonyl (C=O) groups excluding carboxylic acids is 1. The molecule has 0 bridgehead atoms. The van der Waals surface area contributed by atoms with Crippen LogP contribution in [0.1, 0.15) is 11.1 Å². The van der Waals surface area contributed by atoms with E-state index in [1.165, 1.54) is 0 Å². The Balaban J connectivity index is 1.68. The second-order valence-corrected chi connectivity index (χ2v) is 5.08. The maximum absolute atomic E-state index is 12.1. The number of aromatic nitrogens is 3. The summed E-state index contributed by atoms with van der Waals surface area (Å²) in [6, 6.07) is 13.1. The zero-order chi connectivity index (χ0) is 16.1. The molecule has 1 aromatic carbocycles. The normalized spacial score (nSPS) is 10.3. The number of urea groups is 1. The molecule has 2 N–H and O–H groups in total. The minimum Gasteiger partial charge on any atom is -0.334 e. The molecule has 0 spiro atoms. The van der Waals surface area contributed by atoms with Gasteiger partial charge in [-0.15, -0.1) is 0 Å². The molecule has 0 radical (unpaired) electrons. The van der Waals surface area contributed by atoms with Gasteiger partial charge in [-0.25, -0.2) is 9.48 Å². The fraction of sp³-hybridized carbons (Fsp3) is 0.118. The van der Waals surface area contributed by atoms with Gasteiger partial charge in [-0.2, -0.15) is 5.10 Å². The van der Waals surface area contributed by atoms with Gasteiger partial charge in [0.25, 0.3) is 0 Å². The standard InChI is InChI=1S/C17H17N5O/c1-13-4-2-3-5-15(13)22-16(8-11-20-22)21-17(23)19-12-14-6-9-18-10-7-14/h2-11H,12H2,1H3,(H2,19,21,23). The summed E-state index contributed by atoms with van der Waals surface area (Å²) in [6.07, 6.45) is 5.05. The lowest BCUT2D eigenvalue weighted by Gasteiger charge is -2.11. The lowest BCUT2D eigenvalue weighted by molar-refractivity contribution is 0.251. The summed E-state index contributed by atoms with van der Waals surface area (Å²) in [7, 11) is 0. The molecule has 3 rings (SSSR count). The number of amides is 2. The number of para-hydroxylation sites is 1. The highest BCUT2D eigenvalue weighted by Gasteiger charge is 2.09. The van der Waals surface area contributed by atoms with Crippen LogP contribution in [-0.2, 0) is 6.54 Å². The number of benzene rings is 1. The van der Waals surface area contributed by atoms with Crippen molar-refractivity contribution in [1.29, 1.82) is 0 Å². The van der Waals surface area contributed by atoms with Crippen molar-refractivity contribution in [1.82, 2.24) is 20.1 Å². The highest BCUT2D eigenvalue weighted by atomic mass is 16.2. The van der Waals surface area contributed by atoms with Crippen LogP contribution in [-0.4, -0.2) is 20.8 Å². The van der Waals surface area contributed by atoms with Gasteiger partial charge in [0.05, 0.1) is 11.9 Å². The van der Waals surface area contributed by atoms with Gasteiger partial charge >= 0.3 is 6.03 Å². The fourth-order valence-electron chi connectivity index (χ4n) is 2.23. The molecule has 0 atom stereocenters. The second-order valence-electron chi connectivity index (χ2n) is 5.08. The Labute approximate surface area is 134 Å². The first kappa shape index (κ1) is 14.8. The van der Waals surface area contributed by atoms with Gasteiger partial charge in [0, 0.05) is 25.0 Å². The molecule has 0 saturated carbocycles. The summed E-state index contributed by atoms with van der Waals surface area (Å²) in [5.74, 6) is 0.617. The maximum atomic E-state index is 12.1. The van der Waals surface area contributed by atoms with E-state index in [9.17, 15) is 4.79 Å². The Bertz CT molecular complexity index is 798. The highest BCUT2D eigenvalue weighted by molar-refractivity contribution is 5.88. The van der Waals surface area contributed by atoms with Crippen LogP contribution in [0.15, 0.2) is 61.1 Å². The SMILES string of the molecule is Cc1ccccc1-n1nccc1NC(=O)NCc1ccncc1. The molecule has 116 valence electrons. The Morgan fingerprint density at radius 1 is 1.09 bits per heavy atom. The molecule has 2 aromatic heterocycles. The molecule has 0 saturated heterocycles. The summed E-state index contributed by atoms with van der Waals surface area (Å²) < 4.78 is 1.71. The van der Waals surface area contributed by atoms with Gasteiger partial charge in [0.15, 0.2) is 0 Å². The molecule has 0 fully saturated rings. The van der Waals surface area contributed by atoms with Gasteiger partial charge in [0.1, 0.15) is 5.82 Å². The van der Waals surface area contributed by atoms with Crippen molar-refractivity contribution in [3.63, 3.8) is 0 Å². The van der Waals surface area contributed by atoms with Gasteiger partial charge < -0.3 is 5.32 Å². The smallest absolute Gasteiger partial charge is 0.320 e. The molecule has 2 heterocycles. The third-order valence-corrected chi connectivity index (χ3v) is 3.43. The largest absolute Gasteiger partial charge is 0.334 e. The first-order valence-corrected chi connectivity index (χ1v) is 7.28. The highest BCUT2D eigenvalue weighted by Crippen LogP contribution is 2.18. The summed E-state index contributed by atoms with van der Waals surface area (Å²) in [6.45, 7) is 2.44. The van der Waals surface area contributed by atoms with E-state index in [0.717, 1.165) is 16.8 Å². The van der Waals surface area contributed by atoms with Crippen LogP contribution in [0.5, 0.6) is 0 Å². The zero-order valence-electron chi connectivity index (χ0n) is 12.7. The van der Waals surface area contributed by atoms with Crippen LogP contribution in [0.4, 0.5) is 10.6 Å². The van der Waals surface area contributed by atoms with Crippen molar-refractivity contribution in [2.75, 3.05) is 5.32 Å². The Kier molecular flexibility index (Phi) is 4.33. The first-order valence-electron chi connectivity index (χ1n) is 7.28. The minimum atomic E-state index is -0.280. The molecular formula is C17H17N5O. The van der Waals surface area contributed by atoms with E-state index in [-0.39, 0.29) is 6.03 Å². The number of nitrogens with one attached hydrogen (secondary N) is 2. The van der Waals surface area contributed by atoms with E-state index in [1.54, 1.807) is 29.3 Å². The molecule has 0 aliphatic rings. The number of carbonyl (C=O) groups is 1. The minimum absolute atomic E-state index is 0.280. The van der Waals surface area contributed by atoms with Crippen LogP contribution in [0.25, 0.3) is 5.69 Å². The number of pyridine rings is 1. The molecule has 2 amide bonds. The van der Waals surface area contributed by atoms with Crippen LogP contribution in [0, 0.1) is 6.92 Å². The predicted molar refractivity (Wildman–Crippen MR) is 88.4 cm³/mol. The molecule has 3 aromatic rings. The summed E-state index contributed by atoms with van der Waals surface area (Å²) in [4.78, 5) is 16.0. The van der Waals surface area contributed by atoms with E-state index in [4.69, 9.17) is 0 Å². The number of anilines is 1. The fourth-order valence-corrected chi connectivity index (χ4v) is 2.23. The summed E-state index contributed by atoms with van der Waals surface area (Å²) >= 11 is 0. The van der Waals surface area contributed by atoms with Crippen LogP contribution in [0.2, 0.25) is 0 Å². The molecule has 23 heavy (non-hydrogen) atoms. The predicted octanol–water partition coefficient (Wildman–Crippen LogP) is 2.90. The Hall–Kier alpha value is -3.15. The van der Waals surface area contributed by atoms with E-state index in [2.05, 4.69) is 20.7 Å².